The molecule has 0 saturated carbocycles. The molecule has 16 aromatic carbocycles. The minimum Gasteiger partial charge on any atom is -0.310 e. The molecule has 5 heteroatoms. The fraction of sp³-hybridized carbons (Fsp3) is 0. The Morgan fingerprint density at radius 2 is 0.574 bits per heavy atom. The van der Waals surface area contributed by atoms with E-state index in [1.807, 2.05) is 0 Å². The Balaban J connectivity index is 1.02. The molecule has 0 amide bonds. The maximum atomic E-state index is 2.73. The first-order chi connectivity index (χ1) is 50.2. The summed E-state index contributed by atoms with van der Waals surface area (Å²) in [5.74, 6) is 0. The average molecular weight is 1290 g/mol. The quantitative estimate of drug-likeness (QED) is 0.107. The highest BCUT2D eigenvalue weighted by molar-refractivity contribution is 7.00. The van der Waals surface area contributed by atoms with Crippen LogP contribution in [0.5, 0.6) is 0 Å². The van der Waals surface area contributed by atoms with Crippen LogP contribution >= 0.6 is 0 Å². The van der Waals surface area contributed by atoms with E-state index in [1.165, 1.54) is 21.8 Å². The minimum absolute atomic E-state index is 0.297. The van der Waals surface area contributed by atoms with Gasteiger partial charge in [-0.2, -0.15) is 0 Å². The van der Waals surface area contributed by atoms with E-state index < -0.39 is 0 Å². The summed E-state index contributed by atoms with van der Waals surface area (Å²) in [5, 5.41) is 2.33. The highest BCUT2D eigenvalue weighted by atomic mass is 15.2. The molecule has 0 fully saturated rings. The second-order valence-corrected chi connectivity index (χ2v) is 26.2. The molecule has 472 valence electrons. The average Bonchev–Trinajstić information content (AvgIpc) is 1.65. The molecule has 3 heterocycles. The van der Waals surface area contributed by atoms with Crippen molar-refractivity contribution in [1.82, 2.24) is 4.57 Å². The molecule has 0 aliphatic carbocycles. The predicted octanol–water partition coefficient (Wildman–Crippen LogP) is 24.0. The zero-order valence-corrected chi connectivity index (χ0v) is 55.4. The van der Waals surface area contributed by atoms with Gasteiger partial charge in [-0.25, -0.2) is 0 Å². The van der Waals surface area contributed by atoms with Crippen LogP contribution in [0.15, 0.2) is 394 Å². The fourth-order valence-electron chi connectivity index (χ4n) is 16.2. The van der Waals surface area contributed by atoms with Crippen LogP contribution in [0.4, 0.5) is 51.2 Å². The third-order valence-corrected chi connectivity index (χ3v) is 20.5. The van der Waals surface area contributed by atoms with E-state index in [9.17, 15) is 0 Å². The van der Waals surface area contributed by atoms with Gasteiger partial charge < -0.3 is 19.3 Å². The standard InChI is InChI=1S/C96H65BN4/c1-10-33-66(34-11-1)73-63-89-92-90(64-73)101(95-81(71-43-20-6-21-44-71)56-32-57-82(95)72-45-22-7-23-46-72)96-85(61-62-87-91(96)83-51-28-29-58-86(83)99(87)93-77(67-35-12-2-13-36-67)52-30-53-78(93)68-37-14-3-15-38-68)97(92)84-60-59-76(98(74-47-24-8-25-48-74)75-49-26-9-27-50-75)65-88(84)100(89)94-79(69-39-16-4-17-40-69)54-31-55-80(94)70-41-18-5-19-42-70/h1-65H. The summed E-state index contributed by atoms with van der Waals surface area (Å²) >= 11 is 0. The fourth-order valence-corrected chi connectivity index (χ4v) is 16.2. The zero-order chi connectivity index (χ0) is 66.7. The van der Waals surface area contributed by atoms with Gasteiger partial charge in [0.2, 0.25) is 0 Å². The molecule has 1 aromatic heterocycles. The van der Waals surface area contributed by atoms with Crippen molar-refractivity contribution in [2.75, 3.05) is 14.7 Å². The first-order valence-electron chi connectivity index (χ1n) is 34.9. The van der Waals surface area contributed by atoms with E-state index in [-0.39, 0.29) is 6.71 Å². The van der Waals surface area contributed by atoms with Crippen LogP contribution in [0.2, 0.25) is 0 Å². The van der Waals surface area contributed by atoms with Crippen molar-refractivity contribution in [3.63, 3.8) is 0 Å². The Kier molecular flexibility index (Phi) is 14.6. The Morgan fingerprint density at radius 1 is 0.218 bits per heavy atom. The lowest BCUT2D eigenvalue weighted by molar-refractivity contribution is 1.18. The van der Waals surface area contributed by atoms with E-state index in [2.05, 4.69) is 414 Å². The number of aromatic nitrogens is 1. The zero-order valence-electron chi connectivity index (χ0n) is 55.4. The van der Waals surface area contributed by atoms with Crippen LogP contribution in [-0.4, -0.2) is 11.3 Å². The van der Waals surface area contributed by atoms with Gasteiger partial charge in [-0.1, -0.05) is 334 Å². The van der Waals surface area contributed by atoms with E-state index in [0.29, 0.717) is 0 Å². The van der Waals surface area contributed by atoms with Gasteiger partial charge in [0.15, 0.2) is 0 Å². The van der Waals surface area contributed by atoms with Crippen molar-refractivity contribution in [2.24, 2.45) is 0 Å². The Hall–Kier alpha value is -13.2. The number of nitrogens with zero attached hydrogens (tertiary/aromatic N) is 4. The number of hydrogen-bond donors (Lipinski definition) is 0. The van der Waals surface area contributed by atoms with Crippen molar-refractivity contribution >= 4 is 96.1 Å². The second-order valence-electron chi connectivity index (χ2n) is 26.2. The number of benzene rings is 16. The smallest absolute Gasteiger partial charge is 0.252 e. The summed E-state index contributed by atoms with van der Waals surface area (Å²) < 4.78 is 2.59. The van der Waals surface area contributed by atoms with E-state index in [1.54, 1.807) is 0 Å². The molecule has 17 aromatic rings. The van der Waals surface area contributed by atoms with Crippen LogP contribution in [-0.2, 0) is 0 Å². The monoisotopic (exact) mass is 1280 g/mol. The molecular weight excluding hydrogens is 1220 g/mol. The summed E-state index contributed by atoms with van der Waals surface area (Å²) in [7, 11) is 0. The molecule has 19 rings (SSSR count). The third-order valence-electron chi connectivity index (χ3n) is 20.5. The summed E-state index contributed by atoms with van der Waals surface area (Å²) in [5.41, 5.74) is 32.6. The first-order valence-corrected chi connectivity index (χ1v) is 34.9. The molecular formula is C96H65BN4. The molecule has 0 atom stereocenters. The first kappa shape index (κ1) is 59.1. The van der Waals surface area contributed by atoms with Crippen molar-refractivity contribution in [3.8, 4) is 83.6 Å². The lowest BCUT2D eigenvalue weighted by atomic mass is 9.33. The van der Waals surface area contributed by atoms with Crippen LogP contribution in [0.25, 0.3) is 105 Å². The second kappa shape index (κ2) is 25.0. The van der Waals surface area contributed by atoms with Gasteiger partial charge in [0, 0.05) is 78.3 Å². The maximum Gasteiger partial charge on any atom is 0.252 e. The van der Waals surface area contributed by atoms with E-state index >= 15 is 0 Å². The topological polar surface area (TPSA) is 14.7 Å². The van der Waals surface area contributed by atoms with Crippen LogP contribution in [0.3, 0.4) is 0 Å². The Morgan fingerprint density at radius 3 is 1.01 bits per heavy atom. The Bertz CT molecular complexity index is 5720. The van der Waals surface area contributed by atoms with Gasteiger partial charge in [0.05, 0.1) is 33.8 Å². The molecule has 2 aliphatic rings. The van der Waals surface area contributed by atoms with E-state index in [4.69, 9.17) is 0 Å². The van der Waals surface area contributed by atoms with Gasteiger partial charge in [0.25, 0.3) is 6.71 Å². The van der Waals surface area contributed by atoms with Crippen molar-refractivity contribution in [1.29, 1.82) is 0 Å². The maximum absolute atomic E-state index is 2.73. The Labute approximate surface area is 589 Å². The number of anilines is 9. The SMILES string of the molecule is c1ccc(-c2cc3c4c(c2)N(c2c(-c5ccccc5)cccc2-c2ccccc2)c2c(ccc5c2c2ccccc2n5-c2c(-c5ccccc5)cccc2-c2ccccc2)B4c2ccc(N(c4ccccc4)c4ccccc4)cc2N3c2c(-c3ccccc3)cccc2-c2ccccc2)cc1. The molecule has 0 saturated heterocycles. The van der Waals surface area contributed by atoms with Crippen molar-refractivity contribution in [2.45, 2.75) is 0 Å². The predicted molar refractivity (Wildman–Crippen MR) is 428 cm³/mol. The van der Waals surface area contributed by atoms with Crippen LogP contribution < -0.4 is 31.1 Å². The summed E-state index contributed by atoms with van der Waals surface area (Å²) in [6, 6.07) is 146. The molecule has 0 radical (unpaired) electrons. The van der Waals surface area contributed by atoms with E-state index in [0.717, 1.165) is 151 Å². The largest absolute Gasteiger partial charge is 0.310 e. The third kappa shape index (κ3) is 10.00. The van der Waals surface area contributed by atoms with Crippen LogP contribution in [0.1, 0.15) is 0 Å². The number of hydrogen-bond acceptors (Lipinski definition) is 3. The summed E-state index contributed by atoms with van der Waals surface area (Å²) in [6.07, 6.45) is 0. The lowest BCUT2D eigenvalue weighted by Crippen LogP contribution is -2.61. The molecule has 0 bridgehead atoms. The normalized spacial score (nSPS) is 12.1. The number of para-hydroxylation sites is 6. The highest BCUT2D eigenvalue weighted by Gasteiger charge is 2.47. The van der Waals surface area contributed by atoms with Crippen molar-refractivity contribution in [3.05, 3.63) is 394 Å². The van der Waals surface area contributed by atoms with Gasteiger partial charge in [-0.05, 0) is 122 Å². The van der Waals surface area contributed by atoms with Gasteiger partial charge >= 0.3 is 0 Å². The number of rotatable bonds is 13. The molecule has 2 aliphatic heterocycles. The number of fused-ring (bicyclic) bond motifs is 8. The lowest BCUT2D eigenvalue weighted by Gasteiger charge is -2.46. The van der Waals surface area contributed by atoms with Gasteiger partial charge in [0.1, 0.15) is 0 Å². The minimum atomic E-state index is -0.297. The summed E-state index contributed by atoms with van der Waals surface area (Å²) in [4.78, 5) is 7.81. The molecule has 101 heavy (non-hydrogen) atoms. The molecule has 0 unspecified atom stereocenters. The summed E-state index contributed by atoms with van der Waals surface area (Å²) in [6.45, 7) is -0.297. The highest BCUT2D eigenvalue weighted by Crippen LogP contribution is 2.56. The van der Waals surface area contributed by atoms with Crippen LogP contribution in [0, 0.1) is 0 Å². The molecule has 0 N–H and O–H groups in total. The molecule has 4 nitrogen and oxygen atoms in total. The van der Waals surface area contributed by atoms with Gasteiger partial charge in [-0.3, -0.25) is 0 Å². The molecule has 0 spiro atoms. The van der Waals surface area contributed by atoms with Crippen molar-refractivity contribution < 1.29 is 0 Å². The van der Waals surface area contributed by atoms with Gasteiger partial charge in [-0.15, -0.1) is 0 Å².